The lowest BCUT2D eigenvalue weighted by Crippen LogP contribution is -2.30. The monoisotopic (exact) mass is 656 g/mol. The third-order valence-electron chi connectivity index (χ3n) is 7.27. The van der Waals surface area contributed by atoms with Crippen molar-refractivity contribution < 1.29 is 14.4 Å². The average Bonchev–Trinajstić information content (AvgIpc) is 3.52. The Morgan fingerprint density at radius 3 is 2.04 bits per heavy atom. The molecule has 0 aliphatic rings. The summed E-state index contributed by atoms with van der Waals surface area (Å²) in [5.74, 6) is -1.06. The van der Waals surface area contributed by atoms with Crippen LogP contribution in [-0.4, -0.2) is 22.7 Å². The fraction of sp³-hybridized carbons (Fsp3) is 0.0263. The average molecular weight is 657 g/mol. The number of amides is 3. The molecule has 6 aromatic rings. The lowest BCUT2D eigenvalue weighted by molar-refractivity contribution is -0.116. The predicted octanol–water partition coefficient (Wildman–Crippen LogP) is 8.70. The molecule has 47 heavy (non-hydrogen) atoms. The van der Waals surface area contributed by atoms with Crippen LogP contribution < -0.4 is 16.0 Å². The van der Waals surface area contributed by atoms with Crippen LogP contribution in [0.1, 0.15) is 26.7 Å². The van der Waals surface area contributed by atoms with Gasteiger partial charge in [0, 0.05) is 49.5 Å². The van der Waals surface area contributed by atoms with Crippen molar-refractivity contribution in [3.8, 4) is 0 Å². The van der Waals surface area contributed by atoms with Gasteiger partial charge in [-0.25, -0.2) is 0 Å². The minimum absolute atomic E-state index is 0.0880. The molecule has 7 nitrogen and oxygen atoms in total. The van der Waals surface area contributed by atoms with Gasteiger partial charge in [-0.2, -0.15) is 0 Å². The van der Waals surface area contributed by atoms with Crippen LogP contribution >= 0.6 is 23.4 Å². The van der Waals surface area contributed by atoms with E-state index in [4.69, 9.17) is 11.6 Å². The molecular formula is C38H29ClN4O3S. The van der Waals surface area contributed by atoms with Gasteiger partial charge in [0.1, 0.15) is 10.9 Å². The highest BCUT2D eigenvalue weighted by Crippen LogP contribution is 2.37. The number of anilines is 2. The number of benzene rings is 5. The second kappa shape index (κ2) is 14.7. The lowest BCUT2D eigenvalue weighted by atomic mass is 10.1. The number of carbonyl (C=O) groups excluding carboxylic acids is 3. The van der Waals surface area contributed by atoms with Crippen LogP contribution in [0.5, 0.6) is 0 Å². The van der Waals surface area contributed by atoms with Crippen LogP contribution in [0.4, 0.5) is 11.4 Å². The van der Waals surface area contributed by atoms with E-state index in [1.54, 1.807) is 72.9 Å². The first-order valence-electron chi connectivity index (χ1n) is 14.8. The molecule has 0 spiro atoms. The Morgan fingerprint density at radius 2 is 1.32 bits per heavy atom. The molecule has 0 saturated carbocycles. The highest BCUT2D eigenvalue weighted by atomic mass is 35.5. The van der Waals surface area contributed by atoms with E-state index in [1.165, 1.54) is 11.8 Å². The highest BCUT2D eigenvalue weighted by molar-refractivity contribution is 8.00. The second-order valence-electron chi connectivity index (χ2n) is 10.6. The number of H-pyrrole nitrogens is 1. The van der Waals surface area contributed by atoms with E-state index in [0.717, 1.165) is 26.9 Å². The Labute approximate surface area is 281 Å². The van der Waals surface area contributed by atoms with Gasteiger partial charge in [0.25, 0.3) is 11.8 Å². The summed E-state index contributed by atoms with van der Waals surface area (Å²) >= 11 is 7.40. The molecule has 0 saturated heterocycles. The van der Waals surface area contributed by atoms with Crippen LogP contribution in [0.25, 0.3) is 17.0 Å². The van der Waals surface area contributed by atoms with E-state index in [1.807, 2.05) is 72.8 Å². The number of aromatic nitrogens is 1. The van der Waals surface area contributed by atoms with Crippen LogP contribution in [-0.2, 0) is 9.59 Å². The van der Waals surface area contributed by atoms with Crippen molar-refractivity contribution in [1.29, 1.82) is 0 Å². The third kappa shape index (κ3) is 7.99. The first kappa shape index (κ1) is 31.4. The molecule has 4 N–H and O–H groups in total. The van der Waals surface area contributed by atoms with Crippen LogP contribution in [0.15, 0.2) is 150 Å². The number of para-hydroxylation sites is 1. The molecule has 5 aromatic carbocycles. The predicted molar refractivity (Wildman–Crippen MR) is 190 cm³/mol. The molecule has 0 bridgehead atoms. The van der Waals surface area contributed by atoms with E-state index in [0.29, 0.717) is 22.0 Å². The van der Waals surface area contributed by atoms with Crippen LogP contribution in [0.2, 0.25) is 5.02 Å². The summed E-state index contributed by atoms with van der Waals surface area (Å²) < 4.78 is 0. The van der Waals surface area contributed by atoms with E-state index >= 15 is 0 Å². The summed E-state index contributed by atoms with van der Waals surface area (Å²) in [5.41, 5.74) is 4.22. The van der Waals surface area contributed by atoms with Gasteiger partial charge in [-0.15, -0.1) is 11.8 Å². The summed E-state index contributed by atoms with van der Waals surface area (Å²) in [4.78, 5) is 44.1. The normalized spacial score (nSPS) is 11.9. The maximum Gasteiger partial charge on any atom is 0.272 e. The Bertz CT molecular complexity index is 2040. The molecular weight excluding hydrogens is 628 g/mol. The molecule has 1 heterocycles. The van der Waals surface area contributed by atoms with Gasteiger partial charge in [-0.1, -0.05) is 78.3 Å². The number of fused-ring (bicyclic) bond motifs is 1. The Hall–Kier alpha value is -5.57. The van der Waals surface area contributed by atoms with Crippen molar-refractivity contribution in [3.05, 3.63) is 167 Å². The maximum atomic E-state index is 13.6. The van der Waals surface area contributed by atoms with Crippen molar-refractivity contribution >= 4 is 69.4 Å². The molecule has 1 atom stereocenters. The van der Waals surface area contributed by atoms with Crippen molar-refractivity contribution in [1.82, 2.24) is 10.3 Å². The number of thioether (sulfide) groups is 1. The summed E-state index contributed by atoms with van der Waals surface area (Å²) in [6.07, 6.45) is 3.45. The van der Waals surface area contributed by atoms with Gasteiger partial charge in [0.2, 0.25) is 5.91 Å². The molecule has 0 unspecified atom stereocenters. The summed E-state index contributed by atoms with van der Waals surface area (Å²) in [6, 6.07) is 40.2. The minimum atomic E-state index is -0.536. The van der Waals surface area contributed by atoms with Gasteiger partial charge in [0.05, 0.1) is 0 Å². The summed E-state index contributed by atoms with van der Waals surface area (Å²) in [7, 11) is 0. The SMILES string of the molecule is O=C(Nc1ccc(S[C@H](C(=O)Nc2ccc(Cl)cc2)c2ccccc2)cc1)/C(=C\c1c[nH]c2ccccc12)NC(=O)c1ccccc1. The summed E-state index contributed by atoms with van der Waals surface area (Å²) in [6.45, 7) is 0. The molecule has 6 rings (SSSR count). The maximum absolute atomic E-state index is 13.6. The van der Waals surface area contributed by atoms with E-state index in [-0.39, 0.29) is 11.6 Å². The molecule has 3 amide bonds. The van der Waals surface area contributed by atoms with Crippen molar-refractivity contribution in [2.24, 2.45) is 0 Å². The van der Waals surface area contributed by atoms with Crippen LogP contribution in [0.3, 0.4) is 0 Å². The zero-order valence-electron chi connectivity index (χ0n) is 24.9. The highest BCUT2D eigenvalue weighted by Gasteiger charge is 2.23. The van der Waals surface area contributed by atoms with Gasteiger partial charge in [-0.3, -0.25) is 14.4 Å². The molecule has 232 valence electrons. The van der Waals surface area contributed by atoms with Crippen molar-refractivity contribution in [3.63, 3.8) is 0 Å². The largest absolute Gasteiger partial charge is 0.361 e. The zero-order chi connectivity index (χ0) is 32.6. The molecule has 0 fully saturated rings. The van der Waals surface area contributed by atoms with Crippen molar-refractivity contribution in [2.75, 3.05) is 10.6 Å². The molecule has 9 heteroatoms. The number of carbonyl (C=O) groups is 3. The lowest BCUT2D eigenvalue weighted by Gasteiger charge is -2.17. The van der Waals surface area contributed by atoms with Gasteiger partial charge in [-0.05, 0) is 78.4 Å². The zero-order valence-corrected chi connectivity index (χ0v) is 26.5. The Kier molecular flexibility index (Phi) is 9.81. The Balaban J connectivity index is 1.20. The topological polar surface area (TPSA) is 103 Å². The van der Waals surface area contributed by atoms with Gasteiger partial charge < -0.3 is 20.9 Å². The fourth-order valence-electron chi connectivity index (χ4n) is 4.90. The number of rotatable bonds is 10. The second-order valence-corrected chi connectivity index (χ2v) is 12.2. The molecule has 1 aromatic heterocycles. The number of hydrogen-bond donors (Lipinski definition) is 4. The summed E-state index contributed by atoms with van der Waals surface area (Å²) in [5, 5.41) is 9.63. The quantitative estimate of drug-likeness (QED) is 0.0875. The first-order valence-corrected chi connectivity index (χ1v) is 16.0. The van der Waals surface area contributed by atoms with Gasteiger partial charge >= 0.3 is 0 Å². The first-order chi connectivity index (χ1) is 22.9. The molecule has 0 aliphatic heterocycles. The van der Waals surface area contributed by atoms with Crippen LogP contribution in [0, 0.1) is 0 Å². The number of aromatic amines is 1. The van der Waals surface area contributed by atoms with E-state index < -0.39 is 17.1 Å². The number of hydrogen-bond acceptors (Lipinski definition) is 4. The number of nitrogens with one attached hydrogen (secondary N) is 4. The smallest absolute Gasteiger partial charge is 0.272 e. The minimum Gasteiger partial charge on any atom is -0.361 e. The Morgan fingerprint density at radius 1 is 0.702 bits per heavy atom. The molecule has 0 aliphatic carbocycles. The van der Waals surface area contributed by atoms with Gasteiger partial charge in [0.15, 0.2) is 0 Å². The molecule has 0 radical (unpaired) electrons. The number of halogens is 1. The van der Waals surface area contributed by atoms with Crippen molar-refractivity contribution in [2.45, 2.75) is 10.1 Å². The standard InChI is InChI=1S/C38H29ClN4O3S/c39-28-15-17-29(18-16-28)42-38(46)35(25-9-3-1-4-10-25)47-31-21-19-30(20-22-31)41-37(45)34(43-36(44)26-11-5-2-6-12-26)23-27-24-40-33-14-8-7-13-32(27)33/h1-24,35,40H,(H,41,45)(H,42,46)(H,43,44)/b34-23+/t35-/m0/s1. The third-order valence-corrected chi connectivity index (χ3v) is 8.79. The van der Waals surface area contributed by atoms with E-state index in [2.05, 4.69) is 20.9 Å². The van der Waals surface area contributed by atoms with E-state index in [9.17, 15) is 14.4 Å². The fourth-order valence-corrected chi connectivity index (χ4v) is 6.05.